The molecule has 0 fully saturated rings. The fourth-order valence-electron chi connectivity index (χ4n) is 0.649. The average molecular weight is 196 g/mol. The third-order valence-corrected chi connectivity index (χ3v) is 1.23. The van der Waals surface area contributed by atoms with Crippen molar-refractivity contribution < 1.29 is 10.2 Å². The zero-order valence-electron chi connectivity index (χ0n) is 7.60. The second kappa shape index (κ2) is 9.00. The van der Waals surface area contributed by atoms with Crippen LogP contribution in [0.3, 0.4) is 0 Å². The molecular weight excluding hydrogens is 178 g/mol. The molecule has 0 spiro atoms. The van der Waals surface area contributed by atoms with Gasteiger partial charge in [-0.25, -0.2) is 0 Å². The van der Waals surface area contributed by atoms with Crippen LogP contribution in [0.4, 0.5) is 0 Å². The van der Waals surface area contributed by atoms with E-state index < -0.39 is 6.29 Å². The number of rotatable bonds is 5. The first kappa shape index (κ1) is 14.4. The molecule has 0 aliphatic rings. The molecule has 0 radical (unpaired) electrons. The van der Waals surface area contributed by atoms with Gasteiger partial charge in [0.05, 0.1) is 0 Å². The Morgan fingerprint density at radius 1 is 1.25 bits per heavy atom. The first-order chi connectivity index (χ1) is 5.13. The first-order valence-electron chi connectivity index (χ1n) is 3.79. The zero-order chi connectivity index (χ0) is 8.69. The van der Waals surface area contributed by atoms with Crippen LogP contribution in [-0.4, -0.2) is 42.0 Å². The van der Waals surface area contributed by atoms with Gasteiger partial charge in [0, 0.05) is 13.0 Å². The van der Waals surface area contributed by atoms with Gasteiger partial charge in [-0.3, -0.25) is 0 Å². The lowest BCUT2D eigenvalue weighted by Gasteiger charge is -2.03. The molecule has 2 N–H and O–H groups in total. The van der Waals surface area contributed by atoms with Gasteiger partial charge in [0.15, 0.2) is 6.29 Å². The Bertz CT molecular complexity index is 116. The third-order valence-electron chi connectivity index (χ3n) is 1.23. The van der Waals surface area contributed by atoms with E-state index in [4.69, 9.17) is 10.2 Å². The lowest BCUT2D eigenvalue weighted by Crippen LogP contribution is -2.10. The second-order valence-corrected chi connectivity index (χ2v) is 2.79. The smallest absolute Gasteiger partial charge is 0.151 e. The summed E-state index contributed by atoms with van der Waals surface area (Å²) in [6, 6.07) is 0. The van der Waals surface area contributed by atoms with E-state index in [0.29, 0.717) is 6.42 Å². The van der Waals surface area contributed by atoms with Crippen molar-refractivity contribution in [2.24, 2.45) is 0 Å². The van der Waals surface area contributed by atoms with Gasteiger partial charge in [0.25, 0.3) is 0 Å². The lowest BCUT2D eigenvalue weighted by atomic mass is 10.3. The van der Waals surface area contributed by atoms with Crippen LogP contribution in [0.25, 0.3) is 0 Å². The summed E-state index contributed by atoms with van der Waals surface area (Å²) in [5.74, 6) is 0. The van der Waals surface area contributed by atoms with E-state index in [2.05, 4.69) is 0 Å². The van der Waals surface area contributed by atoms with E-state index in [1.165, 1.54) is 0 Å². The van der Waals surface area contributed by atoms with Crippen molar-refractivity contribution in [3.63, 3.8) is 0 Å². The van der Waals surface area contributed by atoms with Crippen molar-refractivity contribution in [3.8, 4) is 0 Å². The highest BCUT2D eigenvalue weighted by atomic mass is 35.5. The molecule has 3 nitrogen and oxygen atoms in total. The molecule has 0 saturated carbocycles. The minimum Gasteiger partial charge on any atom is -0.368 e. The summed E-state index contributed by atoms with van der Waals surface area (Å²) in [6.45, 7) is 0.904. The molecule has 0 aliphatic heterocycles. The van der Waals surface area contributed by atoms with Crippen LogP contribution in [0.15, 0.2) is 12.2 Å². The predicted molar refractivity (Wildman–Crippen MR) is 52.4 cm³/mol. The Kier molecular flexibility index (Phi) is 10.8. The standard InChI is InChI=1S/C8H17NO2.ClH/c1-9(2)7-5-3-4-6-8(10)11;/h3,5,8,10-11H,4,6-7H2,1-2H3;1H. The summed E-state index contributed by atoms with van der Waals surface area (Å²) in [4.78, 5) is 2.05. The highest BCUT2D eigenvalue weighted by Crippen LogP contribution is 1.94. The van der Waals surface area contributed by atoms with Gasteiger partial charge in [0.1, 0.15) is 0 Å². The van der Waals surface area contributed by atoms with Crippen LogP contribution in [-0.2, 0) is 0 Å². The van der Waals surface area contributed by atoms with E-state index in [1.807, 2.05) is 31.1 Å². The van der Waals surface area contributed by atoms with Gasteiger partial charge in [0.2, 0.25) is 0 Å². The second-order valence-electron chi connectivity index (χ2n) is 2.79. The maximum absolute atomic E-state index is 8.47. The minimum atomic E-state index is -1.17. The third kappa shape index (κ3) is 12.6. The van der Waals surface area contributed by atoms with E-state index >= 15 is 0 Å². The van der Waals surface area contributed by atoms with E-state index in [9.17, 15) is 0 Å². The highest BCUT2D eigenvalue weighted by Gasteiger charge is 1.92. The molecule has 0 aromatic heterocycles. The van der Waals surface area contributed by atoms with Crippen LogP contribution in [0, 0.1) is 0 Å². The van der Waals surface area contributed by atoms with E-state index in [1.54, 1.807) is 0 Å². The molecule has 0 rings (SSSR count). The largest absolute Gasteiger partial charge is 0.368 e. The fourth-order valence-corrected chi connectivity index (χ4v) is 0.649. The van der Waals surface area contributed by atoms with Crippen molar-refractivity contribution in [2.45, 2.75) is 19.1 Å². The summed E-state index contributed by atoms with van der Waals surface area (Å²) in [5.41, 5.74) is 0. The molecule has 0 bridgehead atoms. The molecule has 0 amide bonds. The molecule has 0 heterocycles. The zero-order valence-corrected chi connectivity index (χ0v) is 8.42. The number of aliphatic hydroxyl groups excluding tert-OH is 1. The monoisotopic (exact) mass is 195 g/mol. The van der Waals surface area contributed by atoms with Gasteiger partial charge in [-0.05, 0) is 20.5 Å². The Morgan fingerprint density at radius 2 is 1.83 bits per heavy atom. The number of hydrogen-bond acceptors (Lipinski definition) is 3. The highest BCUT2D eigenvalue weighted by molar-refractivity contribution is 5.85. The number of halogens is 1. The van der Waals surface area contributed by atoms with Crippen LogP contribution in [0.2, 0.25) is 0 Å². The quantitative estimate of drug-likeness (QED) is 0.499. The molecule has 0 aromatic carbocycles. The molecule has 0 aromatic rings. The molecule has 12 heavy (non-hydrogen) atoms. The maximum Gasteiger partial charge on any atom is 0.151 e. The summed E-state index contributed by atoms with van der Waals surface area (Å²) in [5, 5.41) is 16.9. The van der Waals surface area contributed by atoms with Crippen LogP contribution in [0.5, 0.6) is 0 Å². The first-order valence-corrected chi connectivity index (χ1v) is 3.79. The van der Waals surface area contributed by atoms with Gasteiger partial charge in [-0.1, -0.05) is 12.2 Å². The van der Waals surface area contributed by atoms with Crippen molar-refractivity contribution in [1.29, 1.82) is 0 Å². The summed E-state index contributed by atoms with van der Waals surface area (Å²) >= 11 is 0. The van der Waals surface area contributed by atoms with Gasteiger partial charge in [-0.15, -0.1) is 12.4 Å². The Labute approximate surface area is 80.1 Å². The Hall–Kier alpha value is -0.0900. The lowest BCUT2D eigenvalue weighted by molar-refractivity contribution is -0.0442. The molecule has 74 valence electrons. The molecule has 0 atom stereocenters. The number of aliphatic hydroxyl groups is 2. The summed E-state index contributed by atoms with van der Waals surface area (Å²) in [7, 11) is 3.98. The van der Waals surface area contributed by atoms with Crippen LogP contribution < -0.4 is 0 Å². The van der Waals surface area contributed by atoms with Crippen molar-refractivity contribution in [2.75, 3.05) is 20.6 Å². The number of likely N-dealkylation sites (N-methyl/N-ethyl adjacent to an activating group) is 1. The Balaban J connectivity index is 0. The SMILES string of the molecule is CN(C)CC=CCCC(O)O.Cl. The van der Waals surface area contributed by atoms with E-state index in [-0.39, 0.29) is 12.4 Å². The predicted octanol–water partition coefficient (Wildman–Crippen LogP) is 0.617. The van der Waals surface area contributed by atoms with Crippen molar-refractivity contribution in [3.05, 3.63) is 12.2 Å². The topological polar surface area (TPSA) is 43.7 Å². The average Bonchev–Trinajstić information content (AvgIpc) is 1.85. The minimum absolute atomic E-state index is 0. The Morgan fingerprint density at radius 3 is 2.25 bits per heavy atom. The number of allylic oxidation sites excluding steroid dienone is 1. The fraction of sp³-hybridized carbons (Fsp3) is 0.750. The molecular formula is C8H18ClNO2. The molecule has 0 unspecified atom stereocenters. The molecule has 4 heteroatoms. The summed E-state index contributed by atoms with van der Waals surface area (Å²) in [6.07, 6.45) is 3.95. The van der Waals surface area contributed by atoms with Gasteiger partial charge >= 0.3 is 0 Å². The van der Waals surface area contributed by atoms with Gasteiger partial charge in [-0.2, -0.15) is 0 Å². The van der Waals surface area contributed by atoms with E-state index in [0.717, 1.165) is 13.0 Å². The summed E-state index contributed by atoms with van der Waals surface area (Å²) < 4.78 is 0. The van der Waals surface area contributed by atoms with Crippen LogP contribution in [0.1, 0.15) is 12.8 Å². The number of nitrogens with zero attached hydrogens (tertiary/aromatic N) is 1. The van der Waals surface area contributed by atoms with Crippen molar-refractivity contribution >= 4 is 12.4 Å². The molecule has 0 saturated heterocycles. The maximum atomic E-state index is 8.47. The van der Waals surface area contributed by atoms with Gasteiger partial charge < -0.3 is 15.1 Å². The van der Waals surface area contributed by atoms with Crippen molar-refractivity contribution in [1.82, 2.24) is 4.90 Å². The number of hydrogen-bond donors (Lipinski definition) is 2. The van der Waals surface area contributed by atoms with Crippen LogP contribution >= 0.6 is 12.4 Å². The molecule has 0 aliphatic carbocycles. The normalized spacial score (nSPS) is 11.2.